The van der Waals surface area contributed by atoms with Gasteiger partial charge in [-0.2, -0.15) is 0 Å². The molecule has 0 saturated carbocycles. The van der Waals surface area contributed by atoms with Crippen LogP contribution in [0.3, 0.4) is 0 Å². The van der Waals surface area contributed by atoms with Gasteiger partial charge in [0.25, 0.3) is 0 Å². The number of ether oxygens (including phenoxy) is 1. The SMILES string of the molecule is C[C@@H]1OC(O)C[C@@](C)(N)[C@@H]1O. The Morgan fingerprint density at radius 2 is 2.09 bits per heavy atom. The zero-order chi connectivity index (χ0) is 8.65. The van der Waals surface area contributed by atoms with E-state index in [1.165, 1.54) is 0 Å². The van der Waals surface area contributed by atoms with Gasteiger partial charge in [-0.05, 0) is 13.8 Å². The highest BCUT2D eigenvalue weighted by Gasteiger charge is 2.40. The summed E-state index contributed by atoms with van der Waals surface area (Å²) in [6.07, 6.45) is -1.67. The summed E-state index contributed by atoms with van der Waals surface area (Å²) in [4.78, 5) is 0. The lowest BCUT2D eigenvalue weighted by molar-refractivity contribution is -0.215. The monoisotopic (exact) mass is 161 g/mol. The van der Waals surface area contributed by atoms with Crippen molar-refractivity contribution in [3.63, 3.8) is 0 Å². The zero-order valence-corrected chi connectivity index (χ0v) is 6.82. The van der Waals surface area contributed by atoms with E-state index in [9.17, 15) is 5.11 Å². The van der Waals surface area contributed by atoms with Gasteiger partial charge in [-0.3, -0.25) is 0 Å². The van der Waals surface area contributed by atoms with Gasteiger partial charge >= 0.3 is 0 Å². The third-order valence-corrected chi connectivity index (χ3v) is 2.11. The lowest BCUT2D eigenvalue weighted by Crippen LogP contribution is -2.59. The summed E-state index contributed by atoms with van der Waals surface area (Å²) in [5, 5.41) is 18.6. The number of aliphatic hydroxyl groups is 2. The smallest absolute Gasteiger partial charge is 0.156 e. The Morgan fingerprint density at radius 1 is 1.55 bits per heavy atom. The molecule has 0 bridgehead atoms. The predicted molar refractivity (Wildman–Crippen MR) is 39.8 cm³/mol. The molecule has 1 rings (SSSR count). The van der Waals surface area contributed by atoms with Crippen molar-refractivity contribution < 1.29 is 14.9 Å². The first-order valence-corrected chi connectivity index (χ1v) is 3.74. The van der Waals surface area contributed by atoms with Crippen molar-refractivity contribution >= 4 is 0 Å². The van der Waals surface area contributed by atoms with Crippen LogP contribution in [-0.4, -0.2) is 34.2 Å². The molecule has 1 aliphatic heterocycles. The van der Waals surface area contributed by atoms with Crippen LogP contribution in [0.5, 0.6) is 0 Å². The van der Waals surface area contributed by atoms with E-state index in [-0.39, 0.29) is 6.42 Å². The lowest BCUT2D eigenvalue weighted by Gasteiger charge is -2.41. The number of hydrogen-bond acceptors (Lipinski definition) is 4. The molecular formula is C7H15NO3. The Balaban J connectivity index is 2.67. The Kier molecular flexibility index (Phi) is 2.20. The van der Waals surface area contributed by atoms with E-state index in [0.717, 1.165) is 0 Å². The Morgan fingerprint density at radius 3 is 2.55 bits per heavy atom. The van der Waals surface area contributed by atoms with Crippen molar-refractivity contribution in [2.24, 2.45) is 5.73 Å². The number of hydrogen-bond donors (Lipinski definition) is 3. The fraction of sp³-hybridized carbons (Fsp3) is 1.00. The maximum Gasteiger partial charge on any atom is 0.156 e. The first-order chi connectivity index (χ1) is 4.93. The molecule has 0 aromatic rings. The summed E-state index contributed by atoms with van der Waals surface area (Å²) in [5.41, 5.74) is 4.97. The van der Waals surface area contributed by atoms with Crippen LogP contribution in [0.15, 0.2) is 0 Å². The normalized spacial score (nSPS) is 52.6. The second-order valence-electron chi connectivity index (χ2n) is 3.45. The minimum absolute atomic E-state index is 0.276. The Bertz CT molecular complexity index is 149. The topological polar surface area (TPSA) is 75.7 Å². The molecule has 4 heteroatoms. The van der Waals surface area contributed by atoms with E-state index in [1.807, 2.05) is 0 Å². The highest BCUT2D eigenvalue weighted by atomic mass is 16.6. The highest BCUT2D eigenvalue weighted by Crippen LogP contribution is 2.25. The maximum atomic E-state index is 9.46. The minimum Gasteiger partial charge on any atom is -0.389 e. The molecule has 66 valence electrons. The quantitative estimate of drug-likeness (QED) is 0.434. The highest BCUT2D eigenvalue weighted by molar-refractivity contribution is 4.94. The third kappa shape index (κ3) is 1.70. The molecule has 4 atom stereocenters. The first-order valence-electron chi connectivity index (χ1n) is 3.74. The van der Waals surface area contributed by atoms with Gasteiger partial charge in [-0.15, -0.1) is 0 Å². The lowest BCUT2D eigenvalue weighted by atomic mass is 9.86. The van der Waals surface area contributed by atoms with Crippen LogP contribution in [0.25, 0.3) is 0 Å². The van der Waals surface area contributed by atoms with E-state index in [0.29, 0.717) is 0 Å². The van der Waals surface area contributed by atoms with Crippen LogP contribution in [0, 0.1) is 0 Å². The average Bonchev–Trinajstić information content (AvgIpc) is 1.81. The van der Waals surface area contributed by atoms with Crippen LogP contribution in [-0.2, 0) is 4.74 Å². The number of rotatable bonds is 0. The Labute approximate surface area is 66.0 Å². The molecule has 1 aliphatic rings. The predicted octanol–water partition coefficient (Wildman–Crippen LogP) is -0.808. The zero-order valence-electron chi connectivity index (χ0n) is 6.82. The number of nitrogens with two attached hydrogens (primary N) is 1. The fourth-order valence-corrected chi connectivity index (χ4v) is 1.40. The first kappa shape index (κ1) is 8.93. The van der Waals surface area contributed by atoms with Crippen LogP contribution >= 0.6 is 0 Å². The van der Waals surface area contributed by atoms with Gasteiger partial charge in [0.1, 0.15) is 0 Å². The van der Waals surface area contributed by atoms with Crippen molar-refractivity contribution in [2.45, 2.75) is 44.3 Å². The molecule has 4 nitrogen and oxygen atoms in total. The standard InChI is InChI=1S/C7H15NO3/c1-4-6(10)7(2,8)3-5(9)11-4/h4-6,9-10H,3,8H2,1-2H3/t4-,5?,6+,7+/m0/s1. The molecule has 0 aromatic carbocycles. The molecule has 4 N–H and O–H groups in total. The van der Waals surface area contributed by atoms with Gasteiger partial charge < -0.3 is 20.7 Å². The molecule has 11 heavy (non-hydrogen) atoms. The van der Waals surface area contributed by atoms with Crippen molar-refractivity contribution in [3.05, 3.63) is 0 Å². The second-order valence-corrected chi connectivity index (χ2v) is 3.45. The largest absolute Gasteiger partial charge is 0.389 e. The molecule has 0 radical (unpaired) electrons. The van der Waals surface area contributed by atoms with E-state index in [1.54, 1.807) is 13.8 Å². The molecule has 0 spiro atoms. The van der Waals surface area contributed by atoms with Crippen molar-refractivity contribution in [3.8, 4) is 0 Å². The molecule has 0 amide bonds. The van der Waals surface area contributed by atoms with Crippen molar-refractivity contribution in [2.75, 3.05) is 0 Å². The van der Waals surface area contributed by atoms with Gasteiger partial charge in [0.05, 0.1) is 12.2 Å². The van der Waals surface area contributed by atoms with Crippen LogP contribution in [0.4, 0.5) is 0 Å². The molecular weight excluding hydrogens is 146 g/mol. The molecule has 1 saturated heterocycles. The van der Waals surface area contributed by atoms with E-state index < -0.39 is 24.0 Å². The summed E-state index contributed by atoms with van der Waals surface area (Å²) in [6, 6.07) is 0. The van der Waals surface area contributed by atoms with Crippen LogP contribution in [0.1, 0.15) is 20.3 Å². The van der Waals surface area contributed by atoms with Gasteiger partial charge in [-0.1, -0.05) is 0 Å². The summed E-state index contributed by atoms with van der Waals surface area (Å²) in [7, 11) is 0. The van der Waals surface area contributed by atoms with E-state index in [2.05, 4.69) is 0 Å². The van der Waals surface area contributed by atoms with Crippen molar-refractivity contribution in [1.29, 1.82) is 0 Å². The van der Waals surface area contributed by atoms with E-state index in [4.69, 9.17) is 15.6 Å². The van der Waals surface area contributed by atoms with Crippen molar-refractivity contribution in [1.82, 2.24) is 0 Å². The third-order valence-electron chi connectivity index (χ3n) is 2.11. The van der Waals surface area contributed by atoms with Gasteiger partial charge in [0.15, 0.2) is 6.29 Å². The summed E-state index contributed by atoms with van der Waals surface area (Å²) >= 11 is 0. The molecule has 0 aromatic heterocycles. The van der Waals surface area contributed by atoms with Crippen LogP contribution < -0.4 is 5.73 Å². The summed E-state index contributed by atoms with van der Waals surface area (Å²) in [6.45, 7) is 3.40. The second kappa shape index (κ2) is 2.71. The van der Waals surface area contributed by atoms with Crippen LogP contribution in [0.2, 0.25) is 0 Å². The summed E-state index contributed by atoms with van der Waals surface area (Å²) < 4.78 is 4.96. The van der Waals surface area contributed by atoms with Gasteiger partial charge in [0.2, 0.25) is 0 Å². The Hall–Kier alpha value is -0.160. The average molecular weight is 161 g/mol. The molecule has 1 unspecified atom stereocenters. The minimum atomic E-state index is -0.844. The van der Waals surface area contributed by atoms with E-state index >= 15 is 0 Å². The summed E-state index contributed by atoms with van der Waals surface area (Å²) in [5.74, 6) is 0. The number of aliphatic hydroxyl groups excluding tert-OH is 2. The molecule has 0 aliphatic carbocycles. The van der Waals surface area contributed by atoms with Gasteiger partial charge in [-0.25, -0.2) is 0 Å². The maximum absolute atomic E-state index is 9.46. The fourth-order valence-electron chi connectivity index (χ4n) is 1.40. The molecule has 1 heterocycles. The molecule has 1 fully saturated rings. The van der Waals surface area contributed by atoms with Gasteiger partial charge in [0, 0.05) is 12.0 Å².